The number of aryl methyl sites for hydroxylation is 4. The average molecular weight is 343 g/mol. The van der Waals surface area contributed by atoms with Crippen molar-refractivity contribution in [2.45, 2.75) is 39.5 Å². The Morgan fingerprint density at radius 3 is 1.77 bits per heavy atom. The van der Waals surface area contributed by atoms with Crippen LogP contribution in [0.3, 0.4) is 0 Å². The van der Waals surface area contributed by atoms with Crippen LogP contribution in [0, 0.1) is 34.6 Å². The summed E-state index contributed by atoms with van der Waals surface area (Å²) in [5.74, 6) is 5.50. The number of benzene rings is 1. The van der Waals surface area contributed by atoms with Gasteiger partial charge in [-0.3, -0.25) is 11.6 Å². The molecule has 22 heavy (non-hydrogen) atoms. The molecule has 1 aromatic carbocycles. The third-order valence-electron chi connectivity index (χ3n) is 3.22. The minimum Gasteiger partial charge on any atom is -0.744 e. The quantitative estimate of drug-likeness (QED) is 0.462. The second-order valence-electron chi connectivity index (χ2n) is 5.13. The van der Waals surface area contributed by atoms with Gasteiger partial charge in [-0.2, -0.15) is 0 Å². The third kappa shape index (κ3) is 4.19. The normalized spacial score (nSPS) is 11.0. The van der Waals surface area contributed by atoms with E-state index < -0.39 is 10.1 Å². The molecule has 0 spiro atoms. The Hall–Kier alpha value is -1.64. The largest absolute Gasteiger partial charge is 0.744 e. The summed E-state index contributed by atoms with van der Waals surface area (Å²) in [7, 11) is -4.33. The van der Waals surface area contributed by atoms with Crippen molar-refractivity contribution in [3.63, 3.8) is 0 Å². The van der Waals surface area contributed by atoms with E-state index in [9.17, 15) is 13.0 Å². The first-order valence-corrected chi connectivity index (χ1v) is 8.74. The van der Waals surface area contributed by atoms with Crippen LogP contribution in [0.4, 0.5) is 5.13 Å². The fourth-order valence-electron chi connectivity index (χ4n) is 2.18. The van der Waals surface area contributed by atoms with Gasteiger partial charge in [-0.25, -0.2) is 8.42 Å². The van der Waals surface area contributed by atoms with Gasteiger partial charge in [0.2, 0.25) is 0 Å². The molecule has 4 N–H and O–H groups in total. The van der Waals surface area contributed by atoms with E-state index >= 15 is 0 Å². The Morgan fingerprint density at radius 2 is 1.55 bits per heavy atom. The molecule has 0 radical (unpaired) electrons. The summed E-state index contributed by atoms with van der Waals surface area (Å²) in [6, 6.07) is 3.38. The lowest BCUT2D eigenvalue weighted by Crippen LogP contribution is -2.47. The molecule has 2 rings (SSSR count). The minimum atomic E-state index is -4.33. The number of nitrogens with two attached hydrogens (primary N) is 2. The number of hydrogen-bond acceptors (Lipinski definition) is 6. The fraction of sp³-hybridized carbons (Fsp3) is 0.357. The van der Waals surface area contributed by atoms with Crippen LogP contribution in [-0.2, 0) is 10.1 Å². The molecule has 0 bridgehead atoms. The molecule has 0 saturated carbocycles. The zero-order valence-corrected chi connectivity index (χ0v) is 14.9. The molecule has 0 atom stereocenters. The molecule has 0 aliphatic carbocycles. The molecule has 6 nitrogen and oxygen atoms in total. The van der Waals surface area contributed by atoms with Crippen molar-refractivity contribution in [3.8, 4) is 0 Å². The molecule has 8 heteroatoms. The molecule has 0 saturated heterocycles. The Kier molecular flexibility index (Phi) is 5.55. The number of aromatic nitrogens is 1. The van der Waals surface area contributed by atoms with Crippen molar-refractivity contribution in [1.82, 2.24) is 0 Å². The van der Waals surface area contributed by atoms with E-state index in [4.69, 9.17) is 11.6 Å². The summed E-state index contributed by atoms with van der Waals surface area (Å²) in [6.07, 6.45) is 0. The number of nitrogens with zero attached hydrogens (tertiary/aromatic N) is 1. The van der Waals surface area contributed by atoms with Gasteiger partial charge in [0.15, 0.2) is 0 Å². The highest BCUT2D eigenvalue weighted by Crippen LogP contribution is 2.20. The zero-order chi connectivity index (χ0) is 17.2. The number of nitrogen functional groups attached to an aromatic ring is 2. The predicted octanol–water partition coefficient (Wildman–Crippen LogP) is 1.46. The van der Waals surface area contributed by atoms with E-state index in [1.165, 1.54) is 20.9 Å². The zero-order valence-electron chi connectivity index (χ0n) is 13.3. The van der Waals surface area contributed by atoms with E-state index in [1.807, 2.05) is 20.8 Å². The minimum absolute atomic E-state index is 0.0851. The molecule has 1 aromatic heterocycles. The standard InChI is InChI=1S/C9H12O3S.C5H9N3S/c1-6-4-7(2)9(8(3)5-6)13(10,11)12;1-3-4(2)9-5(6)8(3)7/h4-5H,1-3H3,(H,10,11,12);6H,7H2,1-2H3. The summed E-state index contributed by atoms with van der Waals surface area (Å²) in [4.78, 5) is 1.09. The smallest absolute Gasteiger partial charge is 0.355 e. The first-order valence-electron chi connectivity index (χ1n) is 6.51. The van der Waals surface area contributed by atoms with Gasteiger partial charge in [0, 0.05) is 6.92 Å². The van der Waals surface area contributed by atoms with Gasteiger partial charge >= 0.3 is 5.13 Å². The van der Waals surface area contributed by atoms with Gasteiger partial charge in [0.05, 0.1) is 9.77 Å². The molecule has 122 valence electrons. The molecule has 0 aliphatic heterocycles. The maximum atomic E-state index is 10.8. The second kappa shape index (κ2) is 6.64. The number of thiazole rings is 1. The van der Waals surface area contributed by atoms with Gasteiger partial charge in [-0.1, -0.05) is 17.7 Å². The molecule has 0 amide bonds. The highest BCUT2D eigenvalue weighted by Gasteiger charge is 2.11. The van der Waals surface area contributed by atoms with Gasteiger partial charge in [-0.05, 0) is 50.2 Å². The van der Waals surface area contributed by atoms with Crippen LogP contribution in [-0.4, -0.2) is 13.0 Å². The summed E-state index contributed by atoms with van der Waals surface area (Å²) < 4.78 is 34.0. The lowest BCUT2D eigenvalue weighted by Gasteiger charge is -2.14. The molecule has 1 heterocycles. The molecule has 0 unspecified atom stereocenters. The van der Waals surface area contributed by atoms with Gasteiger partial charge in [-0.15, -0.1) is 4.68 Å². The van der Waals surface area contributed by atoms with Gasteiger partial charge in [0.1, 0.15) is 15.8 Å². The Balaban J connectivity index is 0.000000235. The Labute approximate surface area is 135 Å². The van der Waals surface area contributed by atoms with Crippen LogP contribution in [0.1, 0.15) is 27.3 Å². The first-order chi connectivity index (χ1) is 9.95. The van der Waals surface area contributed by atoms with Crippen LogP contribution in [0.15, 0.2) is 17.0 Å². The van der Waals surface area contributed by atoms with Crippen LogP contribution >= 0.6 is 11.3 Å². The summed E-state index contributed by atoms with van der Waals surface area (Å²) >= 11 is 1.51. The topological polar surface area (TPSA) is 113 Å². The van der Waals surface area contributed by atoms with Gasteiger partial charge < -0.3 is 4.55 Å². The lowest BCUT2D eigenvalue weighted by atomic mass is 10.1. The maximum Gasteiger partial charge on any atom is 0.355 e. The summed E-state index contributed by atoms with van der Waals surface area (Å²) in [5.41, 5.74) is 8.54. The number of rotatable bonds is 1. The van der Waals surface area contributed by atoms with Gasteiger partial charge in [0.25, 0.3) is 0 Å². The summed E-state index contributed by atoms with van der Waals surface area (Å²) in [5, 5.41) is 0.657. The van der Waals surface area contributed by atoms with E-state index in [0.717, 1.165) is 11.3 Å². The van der Waals surface area contributed by atoms with Crippen LogP contribution < -0.4 is 16.3 Å². The maximum absolute atomic E-state index is 10.8. The SMILES string of the molecule is Cc1cc(C)c(S(=O)(=O)[O-])c(C)c1.Cc1sc(N)[n+](N)c1C. The molecular formula is C14H21N3O3S2. The third-order valence-corrected chi connectivity index (χ3v) is 5.37. The summed E-state index contributed by atoms with van der Waals surface area (Å²) in [6.45, 7) is 9.07. The molecule has 0 aliphatic rings. The predicted molar refractivity (Wildman–Crippen MR) is 87.2 cm³/mol. The van der Waals surface area contributed by atoms with Crippen LogP contribution in [0.25, 0.3) is 0 Å². The van der Waals surface area contributed by atoms with E-state index in [2.05, 4.69) is 0 Å². The molecule has 2 aromatic rings. The van der Waals surface area contributed by atoms with Crippen molar-refractivity contribution in [2.24, 2.45) is 0 Å². The lowest BCUT2D eigenvalue weighted by molar-refractivity contribution is -0.626. The van der Waals surface area contributed by atoms with Crippen molar-refractivity contribution >= 4 is 26.6 Å². The van der Waals surface area contributed by atoms with Crippen molar-refractivity contribution in [2.75, 3.05) is 11.6 Å². The van der Waals surface area contributed by atoms with Crippen molar-refractivity contribution in [1.29, 1.82) is 0 Å². The van der Waals surface area contributed by atoms with Crippen molar-refractivity contribution < 1.29 is 17.6 Å². The highest BCUT2D eigenvalue weighted by atomic mass is 32.2. The van der Waals surface area contributed by atoms with E-state index in [1.54, 1.807) is 26.0 Å². The number of hydrogen-bond donors (Lipinski definition) is 2. The Bertz CT molecular complexity index is 750. The molecule has 0 fully saturated rings. The first kappa shape index (κ1) is 18.4. The second-order valence-corrected chi connectivity index (χ2v) is 7.69. The van der Waals surface area contributed by atoms with E-state index in [-0.39, 0.29) is 4.90 Å². The fourth-order valence-corrected chi connectivity index (χ4v) is 3.88. The Morgan fingerprint density at radius 1 is 1.09 bits per heavy atom. The monoisotopic (exact) mass is 343 g/mol. The highest BCUT2D eigenvalue weighted by molar-refractivity contribution is 7.85. The van der Waals surface area contributed by atoms with Crippen LogP contribution in [0.2, 0.25) is 0 Å². The number of anilines is 1. The van der Waals surface area contributed by atoms with Crippen LogP contribution in [0.5, 0.6) is 0 Å². The van der Waals surface area contributed by atoms with Crippen molar-refractivity contribution in [3.05, 3.63) is 39.4 Å². The van der Waals surface area contributed by atoms with E-state index in [0.29, 0.717) is 16.3 Å². The average Bonchev–Trinajstić information content (AvgIpc) is 2.54. The molecular weight excluding hydrogens is 322 g/mol.